The third kappa shape index (κ3) is 2.82. The van der Waals surface area contributed by atoms with E-state index in [1.165, 1.54) is 6.07 Å². The molecule has 0 aliphatic heterocycles. The summed E-state index contributed by atoms with van der Waals surface area (Å²) in [6.07, 6.45) is 0. The molecule has 0 spiro atoms. The second-order valence-electron chi connectivity index (χ2n) is 3.80. The maximum Gasteiger partial charge on any atom is 0.341 e. The summed E-state index contributed by atoms with van der Waals surface area (Å²) < 4.78 is 4.88. The van der Waals surface area contributed by atoms with Crippen LogP contribution in [0.3, 0.4) is 0 Å². The Balaban J connectivity index is 2.30. The van der Waals surface area contributed by atoms with Gasteiger partial charge in [-0.15, -0.1) is 11.3 Å². The van der Waals surface area contributed by atoms with E-state index in [4.69, 9.17) is 10.5 Å². The van der Waals surface area contributed by atoms with E-state index in [9.17, 15) is 9.59 Å². The summed E-state index contributed by atoms with van der Waals surface area (Å²) >= 11 is 1.10. The van der Waals surface area contributed by atoms with E-state index in [1.807, 2.05) is 6.07 Å². The van der Waals surface area contributed by atoms with Gasteiger partial charge >= 0.3 is 5.97 Å². The van der Waals surface area contributed by atoms with E-state index in [2.05, 4.69) is 0 Å². The number of esters is 1. The number of benzene rings is 1. The van der Waals surface area contributed by atoms with Crippen molar-refractivity contribution in [2.45, 2.75) is 6.92 Å². The SMILES string of the molecule is CCOC(=O)c1cc(C(=O)c2ccccc2)sc1N. The normalized spacial score (nSPS) is 10.2. The van der Waals surface area contributed by atoms with Crippen molar-refractivity contribution in [3.63, 3.8) is 0 Å². The lowest BCUT2D eigenvalue weighted by Crippen LogP contribution is -2.05. The highest BCUT2D eigenvalue weighted by Gasteiger charge is 2.19. The van der Waals surface area contributed by atoms with E-state index in [0.717, 1.165) is 11.3 Å². The van der Waals surface area contributed by atoms with Gasteiger partial charge in [0.2, 0.25) is 5.78 Å². The Hall–Kier alpha value is -2.14. The van der Waals surface area contributed by atoms with Gasteiger partial charge in [0.25, 0.3) is 0 Å². The first-order valence-corrected chi connectivity index (χ1v) is 6.61. The van der Waals surface area contributed by atoms with Crippen molar-refractivity contribution in [2.75, 3.05) is 12.3 Å². The third-order valence-corrected chi connectivity index (χ3v) is 3.48. The van der Waals surface area contributed by atoms with Crippen molar-refractivity contribution in [3.05, 3.63) is 52.4 Å². The molecule has 1 heterocycles. The molecular weight excluding hydrogens is 262 g/mol. The first-order valence-electron chi connectivity index (χ1n) is 5.79. The molecule has 19 heavy (non-hydrogen) atoms. The lowest BCUT2D eigenvalue weighted by atomic mass is 10.1. The van der Waals surface area contributed by atoms with Gasteiger partial charge in [0.15, 0.2) is 0 Å². The monoisotopic (exact) mass is 275 g/mol. The van der Waals surface area contributed by atoms with E-state index < -0.39 is 5.97 Å². The van der Waals surface area contributed by atoms with Crippen LogP contribution in [0.25, 0.3) is 0 Å². The average molecular weight is 275 g/mol. The first-order chi connectivity index (χ1) is 9.13. The molecule has 2 rings (SSSR count). The Labute approximate surface area is 114 Å². The molecule has 98 valence electrons. The molecule has 1 aromatic carbocycles. The Morgan fingerprint density at radius 1 is 1.26 bits per heavy atom. The minimum absolute atomic E-state index is 0.146. The summed E-state index contributed by atoms with van der Waals surface area (Å²) in [5.74, 6) is -0.642. The van der Waals surface area contributed by atoms with Crippen LogP contribution in [0.4, 0.5) is 5.00 Å². The molecule has 2 N–H and O–H groups in total. The maximum atomic E-state index is 12.2. The number of hydrogen-bond donors (Lipinski definition) is 1. The van der Waals surface area contributed by atoms with E-state index in [1.54, 1.807) is 31.2 Å². The van der Waals surface area contributed by atoms with Crippen LogP contribution in [-0.4, -0.2) is 18.4 Å². The second kappa shape index (κ2) is 5.67. The number of carbonyl (C=O) groups excluding carboxylic acids is 2. The summed E-state index contributed by atoms with van der Waals surface area (Å²) in [7, 11) is 0. The smallest absolute Gasteiger partial charge is 0.341 e. The standard InChI is InChI=1S/C14H13NO3S/c1-2-18-14(17)10-8-11(19-13(10)15)12(16)9-6-4-3-5-7-9/h3-8H,2,15H2,1H3. The van der Waals surface area contributed by atoms with Crippen molar-refractivity contribution in [1.29, 1.82) is 0 Å². The molecule has 0 saturated carbocycles. The molecule has 0 fully saturated rings. The van der Waals surface area contributed by atoms with Gasteiger partial charge in [-0.2, -0.15) is 0 Å². The van der Waals surface area contributed by atoms with Crippen LogP contribution in [-0.2, 0) is 4.74 Å². The van der Waals surface area contributed by atoms with E-state index >= 15 is 0 Å². The Morgan fingerprint density at radius 2 is 1.95 bits per heavy atom. The summed E-state index contributed by atoms with van der Waals surface area (Å²) in [5.41, 5.74) is 6.58. The van der Waals surface area contributed by atoms with Gasteiger partial charge < -0.3 is 10.5 Å². The van der Waals surface area contributed by atoms with Crippen molar-refractivity contribution >= 4 is 28.1 Å². The van der Waals surface area contributed by atoms with Crippen LogP contribution < -0.4 is 5.73 Å². The van der Waals surface area contributed by atoms with Gasteiger partial charge in [-0.1, -0.05) is 30.3 Å². The number of nitrogen functional groups attached to an aromatic ring is 1. The van der Waals surface area contributed by atoms with Crippen LogP contribution in [0.5, 0.6) is 0 Å². The Kier molecular flexibility index (Phi) is 3.97. The predicted octanol–water partition coefficient (Wildman–Crippen LogP) is 2.74. The number of ketones is 1. The molecular formula is C14H13NO3S. The number of hydrogen-bond acceptors (Lipinski definition) is 5. The molecule has 0 aliphatic rings. The number of rotatable bonds is 4. The number of thiophene rings is 1. The molecule has 4 nitrogen and oxygen atoms in total. The van der Waals surface area contributed by atoms with Gasteiger partial charge in [-0.05, 0) is 13.0 Å². The maximum absolute atomic E-state index is 12.2. The zero-order valence-corrected chi connectivity index (χ0v) is 11.2. The van der Waals surface area contributed by atoms with Gasteiger partial charge in [0.05, 0.1) is 17.0 Å². The fourth-order valence-electron chi connectivity index (χ4n) is 1.62. The minimum Gasteiger partial charge on any atom is -0.462 e. The lowest BCUT2D eigenvalue weighted by Gasteiger charge is -1.98. The van der Waals surface area contributed by atoms with Crippen molar-refractivity contribution in [2.24, 2.45) is 0 Å². The predicted molar refractivity (Wildman–Crippen MR) is 74.6 cm³/mol. The highest BCUT2D eigenvalue weighted by molar-refractivity contribution is 7.18. The molecule has 0 bridgehead atoms. The Bertz CT molecular complexity index is 604. The summed E-state index contributed by atoms with van der Waals surface area (Å²) in [6, 6.07) is 10.4. The van der Waals surface area contributed by atoms with Crippen molar-refractivity contribution in [1.82, 2.24) is 0 Å². The first kappa shape index (κ1) is 13.3. The molecule has 0 radical (unpaired) electrons. The van der Waals surface area contributed by atoms with Crippen LogP contribution in [0.2, 0.25) is 0 Å². The topological polar surface area (TPSA) is 69.4 Å². The van der Waals surface area contributed by atoms with Gasteiger partial charge in [-0.3, -0.25) is 4.79 Å². The zero-order valence-electron chi connectivity index (χ0n) is 10.4. The van der Waals surface area contributed by atoms with E-state index in [-0.39, 0.29) is 18.0 Å². The highest BCUT2D eigenvalue weighted by Crippen LogP contribution is 2.27. The molecule has 0 saturated heterocycles. The molecule has 0 aliphatic carbocycles. The summed E-state index contributed by atoms with van der Waals surface area (Å²) in [4.78, 5) is 24.3. The van der Waals surface area contributed by atoms with Crippen molar-refractivity contribution < 1.29 is 14.3 Å². The molecule has 1 aromatic heterocycles. The number of carbonyl (C=O) groups is 2. The Morgan fingerprint density at radius 3 is 2.58 bits per heavy atom. The quantitative estimate of drug-likeness (QED) is 0.688. The molecule has 2 aromatic rings. The number of nitrogens with two attached hydrogens (primary N) is 1. The van der Waals surface area contributed by atoms with Crippen LogP contribution in [0, 0.1) is 0 Å². The fraction of sp³-hybridized carbons (Fsp3) is 0.143. The lowest BCUT2D eigenvalue weighted by molar-refractivity contribution is 0.0528. The molecule has 0 atom stereocenters. The van der Waals surface area contributed by atoms with Crippen LogP contribution in [0.1, 0.15) is 32.5 Å². The second-order valence-corrected chi connectivity index (χ2v) is 4.89. The zero-order chi connectivity index (χ0) is 13.8. The molecule has 0 unspecified atom stereocenters. The number of ether oxygens (including phenoxy) is 1. The van der Waals surface area contributed by atoms with Gasteiger partial charge in [-0.25, -0.2) is 4.79 Å². The largest absolute Gasteiger partial charge is 0.462 e. The minimum atomic E-state index is -0.497. The molecule has 5 heteroatoms. The molecule has 0 amide bonds. The van der Waals surface area contributed by atoms with Gasteiger partial charge in [0, 0.05) is 5.56 Å². The highest BCUT2D eigenvalue weighted by atomic mass is 32.1. The summed E-state index contributed by atoms with van der Waals surface area (Å²) in [6.45, 7) is 1.99. The van der Waals surface area contributed by atoms with Crippen LogP contribution >= 0.6 is 11.3 Å². The third-order valence-electron chi connectivity index (χ3n) is 2.52. The average Bonchev–Trinajstić information content (AvgIpc) is 2.81. The fourth-order valence-corrected chi connectivity index (χ4v) is 2.49. The number of anilines is 1. The summed E-state index contributed by atoms with van der Waals surface area (Å²) in [5, 5.41) is 0.303. The van der Waals surface area contributed by atoms with Crippen LogP contribution in [0.15, 0.2) is 36.4 Å². The van der Waals surface area contributed by atoms with Crippen molar-refractivity contribution in [3.8, 4) is 0 Å². The van der Waals surface area contributed by atoms with E-state index in [0.29, 0.717) is 15.4 Å². The van der Waals surface area contributed by atoms with Gasteiger partial charge in [0.1, 0.15) is 5.00 Å².